The fourth-order valence-corrected chi connectivity index (χ4v) is 4.09. The van der Waals surface area contributed by atoms with Crippen molar-refractivity contribution < 1.29 is 18.7 Å². The van der Waals surface area contributed by atoms with Crippen molar-refractivity contribution in [3.63, 3.8) is 0 Å². The second-order valence-electron chi connectivity index (χ2n) is 7.34. The molecule has 0 unspecified atom stereocenters. The Morgan fingerprint density at radius 2 is 1.89 bits per heavy atom. The van der Waals surface area contributed by atoms with Gasteiger partial charge in [0.15, 0.2) is 6.39 Å². The zero-order valence-corrected chi connectivity index (χ0v) is 16.3. The number of ether oxygens (including phenoxy) is 1. The van der Waals surface area contributed by atoms with Crippen molar-refractivity contribution in [2.24, 2.45) is 0 Å². The van der Waals surface area contributed by atoms with Crippen LogP contribution in [0.5, 0.6) is 0 Å². The minimum atomic E-state index is -0.219. The fraction of sp³-hybridized carbons (Fsp3) is 0.737. The van der Waals surface area contributed by atoms with E-state index in [2.05, 4.69) is 15.2 Å². The Kier molecular flexibility index (Phi) is 6.84. The first-order valence-electron chi connectivity index (χ1n) is 9.83. The van der Waals surface area contributed by atoms with E-state index < -0.39 is 0 Å². The number of aryl methyl sites for hydroxylation is 1. The van der Waals surface area contributed by atoms with E-state index in [-0.39, 0.29) is 17.6 Å². The predicted molar refractivity (Wildman–Crippen MR) is 99.4 cm³/mol. The molecule has 2 aliphatic rings. The number of nitrogens with zero attached hydrogens (tertiary/aromatic N) is 3. The van der Waals surface area contributed by atoms with Gasteiger partial charge in [-0.25, -0.2) is 4.98 Å². The van der Waals surface area contributed by atoms with Crippen molar-refractivity contribution >= 4 is 11.8 Å². The van der Waals surface area contributed by atoms with Crippen LogP contribution in [0.15, 0.2) is 10.8 Å². The maximum absolute atomic E-state index is 12.3. The van der Waals surface area contributed by atoms with Gasteiger partial charge >= 0.3 is 0 Å². The molecule has 8 heteroatoms. The summed E-state index contributed by atoms with van der Waals surface area (Å²) in [5.74, 6) is 0.214. The molecule has 0 atom stereocenters. The number of hydrogen-bond acceptors (Lipinski definition) is 6. The molecular formula is C19H30N4O4. The second kappa shape index (κ2) is 9.32. The van der Waals surface area contributed by atoms with Crippen molar-refractivity contribution in [1.82, 2.24) is 20.1 Å². The Hall–Kier alpha value is -1.93. The predicted octanol–water partition coefficient (Wildman–Crippen LogP) is 1.20. The van der Waals surface area contributed by atoms with Gasteiger partial charge in [0.2, 0.25) is 11.7 Å². The van der Waals surface area contributed by atoms with E-state index in [0.29, 0.717) is 24.3 Å². The van der Waals surface area contributed by atoms with E-state index in [9.17, 15) is 9.59 Å². The molecule has 0 aromatic carbocycles. The van der Waals surface area contributed by atoms with E-state index in [1.165, 1.54) is 6.39 Å². The lowest BCUT2D eigenvalue weighted by Gasteiger charge is -2.43. The maximum atomic E-state index is 12.3. The van der Waals surface area contributed by atoms with Crippen LogP contribution in [0.4, 0.5) is 0 Å². The molecule has 0 aliphatic carbocycles. The van der Waals surface area contributed by atoms with E-state index in [4.69, 9.17) is 9.15 Å². The number of rotatable bonds is 6. The van der Waals surface area contributed by atoms with Gasteiger partial charge in [-0.3, -0.25) is 14.5 Å². The number of carbonyl (C=O) groups excluding carboxylic acids is 2. The van der Waals surface area contributed by atoms with Crippen molar-refractivity contribution in [2.75, 3.05) is 39.4 Å². The topological polar surface area (TPSA) is 87.9 Å². The third-order valence-corrected chi connectivity index (χ3v) is 5.65. The largest absolute Gasteiger partial charge is 0.438 e. The van der Waals surface area contributed by atoms with Crippen LogP contribution in [-0.2, 0) is 9.53 Å². The molecule has 27 heavy (non-hydrogen) atoms. The maximum Gasteiger partial charge on any atom is 0.289 e. The standard InChI is InChI=1S/C19H30N4O4/c1-14-18(27-13-21-14)19(25)20-7-10-23(17-5-11-26-12-6-17)16-3-8-22(9-4-16)15(2)24/h13,16-17H,3-12H2,1-2H3,(H,20,25). The van der Waals surface area contributed by atoms with Gasteiger partial charge < -0.3 is 19.4 Å². The summed E-state index contributed by atoms with van der Waals surface area (Å²) in [6.07, 6.45) is 5.28. The number of likely N-dealkylation sites (tertiary alicyclic amines) is 1. The normalized spacial score (nSPS) is 19.4. The molecule has 2 saturated heterocycles. The zero-order valence-electron chi connectivity index (χ0n) is 16.3. The van der Waals surface area contributed by atoms with Gasteiger partial charge in [-0.15, -0.1) is 0 Å². The van der Waals surface area contributed by atoms with E-state index in [0.717, 1.165) is 58.5 Å². The highest BCUT2D eigenvalue weighted by Gasteiger charge is 2.31. The monoisotopic (exact) mass is 378 g/mol. The van der Waals surface area contributed by atoms with Crippen molar-refractivity contribution in [1.29, 1.82) is 0 Å². The number of carbonyl (C=O) groups is 2. The van der Waals surface area contributed by atoms with E-state index >= 15 is 0 Å². The smallest absolute Gasteiger partial charge is 0.289 e. The molecule has 0 bridgehead atoms. The fourth-order valence-electron chi connectivity index (χ4n) is 4.09. The summed E-state index contributed by atoms with van der Waals surface area (Å²) in [6, 6.07) is 0.907. The molecule has 0 saturated carbocycles. The molecule has 0 spiro atoms. The van der Waals surface area contributed by atoms with E-state index in [1.54, 1.807) is 13.8 Å². The van der Waals surface area contributed by atoms with Crippen LogP contribution < -0.4 is 5.32 Å². The lowest BCUT2D eigenvalue weighted by molar-refractivity contribution is -0.130. The molecule has 0 radical (unpaired) electrons. The summed E-state index contributed by atoms with van der Waals surface area (Å²) < 4.78 is 10.7. The van der Waals surface area contributed by atoms with E-state index in [1.807, 2.05) is 4.90 Å². The first-order valence-corrected chi connectivity index (χ1v) is 9.83. The highest BCUT2D eigenvalue weighted by Crippen LogP contribution is 2.23. The number of aromatic nitrogens is 1. The molecular weight excluding hydrogens is 348 g/mol. The van der Waals surface area contributed by atoms with Crippen LogP contribution in [0.25, 0.3) is 0 Å². The van der Waals surface area contributed by atoms with Crippen LogP contribution in [0.2, 0.25) is 0 Å². The van der Waals surface area contributed by atoms with Crippen molar-refractivity contribution in [3.05, 3.63) is 17.8 Å². The number of hydrogen-bond donors (Lipinski definition) is 1. The molecule has 2 amide bonds. The van der Waals surface area contributed by atoms with Crippen LogP contribution in [-0.4, -0.2) is 78.1 Å². The SMILES string of the molecule is CC(=O)N1CCC(N(CCNC(=O)c2ocnc2C)C2CCOCC2)CC1. The molecule has 1 N–H and O–H groups in total. The quantitative estimate of drug-likeness (QED) is 0.800. The molecule has 2 aliphatic heterocycles. The third kappa shape index (κ3) is 5.07. The van der Waals surface area contributed by atoms with Crippen molar-refractivity contribution in [2.45, 2.75) is 51.6 Å². The minimum Gasteiger partial charge on any atom is -0.438 e. The highest BCUT2D eigenvalue weighted by molar-refractivity contribution is 5.92. The third-order valence-electron chi connectivity index (χ3n) is 5.65. The molecule has 3 rings (SSSR count). The Balaban J connectivity index is 1.56. The summed E-state index contributed by atoms with van der Waals surface area (Å²) in [4.78, 5) is 32.3. The number of nitrogens with one attached hydrogen (secondary N) is 1. The lowest BCUT2D eigenvalue weighted by Crippen LogP contribution is -2.53. The summed E-state index contributed by atoms with van der Waals surface area (Å²) in [5, 5.41) is 2.95. The highest BCUT2D eigenvalue weighted by atomic mass is 16.5. The van der Waals surface area contributed by atoms with Crippen LogP contribution in [0.3, 0.4) is 0 Å². The molecule has 2 fully saturated rings. The molecule has 150 valence electrons. The Bertz CT molecular complexity index is 633. The number of oxazole rings is 1. The van der Waals surface area contributed by atoms with Crippen LogP contribution >= 0.6 is 0 Å². The Labute approximate surface area is 160 Å². The summed E-state index contributed by atoms with van der Waals surface area (Å²) >= 11 is 0. The first kappa shape index (κ1) is 19.8. The van der Waals surface area contributed by atoms with Crippen molar-refractivity contribution in [3.8, 4) is 0 Å². The van der Waals surface area contributed by atoms with Gasteiger partial charge in [-0.2, -0.15) is 0 Å². The second-order valence-corrected chi connectivity index (χ2v) is 7.34. The average Bonchev–Trinajstić information content (AvgIpc) is 3.12. The van der Waals surface area contributed by atoms with Gasteiger partial charge in [0.25, 0.3) is 5.91 Å². The summed E-state index contributed by atoms with van der Waals surface area (Å²) in [7, 11) is 0. The first-order chi connectivity index (χ1) is 13.1. The Morgan fingerprint density at radius 1 is 1.22 bits per heavy atom. The molecule has 1 aromatic rings. The Morgan fingerprint density at radius 3 is 2.48 bits per heavy atom. The molecule has 3 heterocycles. The number of amides is 2. The van der Waals surface area contributed by atoms with Gasteiger partial charge in [-0.05, 0) is 32.6 Å². The van der Waals surface area contributed by atoms with Crippen LogP contribution in [0.1, 0.15) is 48.9 Å². The van der Waals surface area contributed by atoms with Gasteiger partial charge in [0, 0.05) is 58.4 Å². The number of piperidine rings is 1. The van der Waals surface area contributed by atoms with Gasteiger partial charge in [0.05, 0.1) is 5.69 Å². The van der Waals surface area contributed by atoms with Gasteiger partial charge in [0.1, 0.15) is 0 Å². The zero-order chi connectivity index (χ0) is 19.2. The molecule has 1 aromatic heterocycles. The molecule has 8 nitrogen and oxygen atoms in total. The van der Waals surface area contributed by atoms with Gasteiger partial charge in [-0.1, -0.05) is 0 Å². The minimum absolute atomic E-state index is 0.153. The summed E-state index contributed by atoms with van der Waals surface area (Å²) in [6.45, 7) is 7.94. The lowest BCUT2D eigenvalue weighted by atomic mass is 9.98. The summed E-state index contributed by atoms with van der Waals surface area (Å²) in [5.41, 5.74) is 0.602. The van der Waals surface area contributed by atoms with Crippen LogP contribution in [0, 0.1) is 6.92 Å². The average molecular weight is 378 g/mol.